The number of hydrogen-bond donors (Lipinski definition) is 1. The molecule has 1 aliphatic rings. The Morgan fingerprint density at radius 3 is 2.40 bits per heavy atom. The molecule has 0 saturated heterocycles. The van der Waals surface area contributed by atoms with Gasteiger partial charge in [0, 0.05) is 12.6 Å². The van der Waals surface area contributed by atoms with Crippen LogP contribution in [0.25, 0.3) is 0 Å². The van der Waals surface area contributed by atoms with E-state index in [0.29, 0.717) is 19.3 Å². The second kappa shape index (κ2) is 10.3. The van der Waals surface area contributed by atoms with Gasteiger partial charge in [0.05, 0.1) is 6.61 Å². The van der Waals surface area contributed by atoms with Crippen LogP contribution in [0.3, 0.4) is 0 Å². The van der Waals surface area contributed by atoms with Crippen molar-refractivity contribution in [1.29, 1.82) is 0 Å². The van der Waals surface area contributed by atoms with Crippen LogP contribution in [0, 0.1) is 0 Å². The van der Waals surface area contributed by atoms with E-state index in [1.54, 1.807) is 0 Å². The van der Waals surface area contributed by atoms with Crippen molar-refractivity contribution in [1.82, 2.24) is 5.32 Å². The first-order valence-electron chi connectivity index (χ1n) is 9.01. The smallest absolute Gasteiger partial charge is 0.161 e. The first kappa shape index (κ1) is 19.6. The zero-order valence-electron chi connectivity index (χ0n) is 14.9. The van der Waals surface area contributed by atoms with Gasteiger partial charge in [-0.05, 0) is 43.0 Å². The van der Waals surface area contributed by atoms with Gasteiger partial charge < -0.3 is 14.8 Å². The molecule has 1 N–H and O–H groups in total. The van der Waals surface area contributed by atoms with E-state index in [9.17, 15) is 0 Å². The van der Waals surface area contributed by atoms with Gasteiger partial charge in [0.1, 0.15) is 6.61 Å². The molecule has 0 unspecified atom stereocenters. The van der Waals surface area contributed by atoms with Crippen molar-refractivity contribution in [2.45, 2.75) is 51.8 Å². The molecule has 0 bridgehead atoms. The number of rotatable bonds is 8. The minimum atomic E-state index is 0. The van der Waals surface area contributed by atoms with Crippen molar-refractivity contribution in [3.8, 4) is 11.5 Å². The molecule has 1 aliphatic carbocycles. The topological polar surface area (TPSA) is 30.5 Å². The van der Waals surface area contributed by atoms with Crippen molar-refractivity contribution < 1.29 is 9.47 Å². The summed E-state index contributed by atoms with van der Waals surface area (Å²) in [5.74, 6) is 1.64. The molecule has 0 aliphatic heterocycles. The normalized spacial score (nSPS) is 14.1. The second-order valence-corrected chi connectivity index (χ2v) is 6.35. The average molecular weight is 362 g/mol. The van der Waals surface area contributed by atoms with Crippen LogP contribution in [0.4, 0.5) is 0 Å². The van der Waals surface area contributed by atoms with Crippen LogP contribution in [0.15, 0.2) is 48.5 Å². The van der Waals surface area contributed by atoms with Crippen LogP contribution in [0.2, 0.25) is 0 Å². The van der Waals surface area contributed by atoms with E-state index in [4.69, 9.17) is 9.47 Å². The molecule has 136 valence electrons. The molecular weight excluding hydrogens is 334 g/mol. The van der Waals surface area contributed by atoms with Gasteiger partial charge in [0.2, 0.25) is 0 Å². The highest BCUT2D eigenvalue weighted by Crippen LogP contribution is 2.29. The van der Waals surface area contributed by atoms with Crippen molar-refractivity contribution in [3.63, 3.8) is 0 Å². The highest BCUT2D eigenvalue weighted by Gasteiger charge is 2.14. The average Bonchev–Trinajstić information content (AvgIpc) is 3.14. The van der Waals surface area contributed by atoms with Gasteiger partial charge in [-0.3, -0.25) is 0 Å². The maximum absolute atomic E-state index is 5.96. The zero-order chi connectivity index (χ0) is 16.6. The lowest BCUT2D eigenvalue weighted by Gasteiger charge is -2.15. The standard InChI is InChI=1S/C21H27NO2.ClH/c1-2-23-21-14-18(15-22-19-10-6-7-11-19)12-13-20(21)24-16-17-8-4-3-5-9-17;/h3-5,8-9,12-14,19,22H,2,6-7,10-11,15-16H2,1H3;1H. The van der Waals surface area contributed by atoms with Gasteiger partial charge in [0.25, 0.3) is 0 Å². The van der Waals surface area contributed by atoms with Gasteiger partial charge in [-0.2, -0.15) is 0 Å². The van der Waals surface area contributed by atoms with Crippen molar-refractivity contribution in [3.05, 3.63) is 59.7 Å². The number of benzene rings is 2. The summed E-state index contributed by atoms with van der Waals surface area (Å²) < 4.78 is 11.7. The van der Waals surface area contributed by atoms with Gasteiger partial charge in [-0.15, -0.1) is 12.4 Å². The highest BCUT2D eigenvalue weighted by molar-refractivity contribution is 5.85. The van der Waals surface area contributed by atoms with Crippen molar-refractivity contribution in [2.75, 3.05) is 6.61 Å². The SMILES string of the molecule is CCOc1cc(CNC2CCCC2)ccc1OCc1ccccc1.Cl. The van der Waals surface area contributed by atoms with E-state index in [2.05, 4.69) is 29.6 Å². The Bertz CT molecular complexity index is 627. The molecule has 0 atom stereocenters. The zero-order valence-corrected chi connectivity index (χ0v) is 15.7. The third-order valence-corrected chi connectivity index (χ3v) is 4.50. The van der Waals surface area contributed by atoms with Crippen LogP contribution in [0.1, 0.15) is 43.7 Å². The van der Waals surface area contributed by atoms with E-state index in [1.807, 2.05) is 31.2 Å². The molecule has 0 spiro atoms. The van der Waals surface area contributed by atoms with E-state index >= 15 is 0 Å². The van der Waals surface area contributed by atoms with Gasteiger partial charge in [-0.25, -0.2) is 0 Å². The Morgan fingerprint density at radius 1 is 0.920 bits per heavy atom. The molecule has 0 amide bonds. The molecular formula is C21H28ClNO2. The first-order valence-corrected chi connectivity index (χ1v) is 9.01. The van der Waals surface area contributed by atoms with E-state index in [1.165, 1.54) is 31.2 Å². The van der Waals surface area contributed by atoms with Gasteiger partial charge in [0.15, 0.2) is 11.5 Å². The number of hydrogen-bond acceptors (Lipinski definition) is 3. The first-order chi connectivity index (χ1) is 11.8. The summed E-state index contributed by atoms with van der Waals surface area (Å²) in [5.41, 5.74) is 2.41. The van der Waals surface area contributed by atoms with Crippen LogP contribution in [0.5, 0.6) is 11.5 Å². The Morgan fingerprint density at radius 2 is 1.68 bits per heavy atom. The van der Waals surface area contributed by atoms with Crippen molar-refractivity contribution in [2.24, 2.45) is 0 Å². The Labute approximate surface area is 157 Å². The maximum atomic E-state index is 5.96. The van der Waals surface area contributed by atoms with Crippen LogP contribution in [-0.2, 0) is 13.2 Å². The summed E-state index contributed by atoms with van der Waals surface area (Å²) in [6.45, 7) is 4.09. The summed E-state index contributed by atoms with van der Waals surface area (Å²) in [6, 6.07) is 17.1. The third-order valence-electron chi connectivity index (χ3n) is 4.50. The Hall–Kier alpha value is -1.71. The van der Waals surface area contributed by atoms with Gasteiger partial charge in [-0.1, -0.05) is 49.2 Å². The molecule has 25 heavy (non-hydrogen) atoms. The molecule has 3 rings (SSSR count). The third kappa shape index (κ3) is 5.94. The molecule has 2 aromatic carbocycles. The fraction of sp³-hybridized carbons (Fsp3) is 0.429. The molecule has 0 heterocycles. The molecule has 2 aromatic rings. The Balaban J connectivity index is 0.00000225. The lowest BCUT2D eigenvalue weighted by molar-refractivity contribution is 0.269. The predicted molar refractivity (Wildman–Crippen MR) is 105 cm³/mol. The predicted octanol–water partition coefficient (Wildman–Crippen LogP) is 5.12. The molecule has 4 heteroatoms. The lowest BCUT2D eigenvalue weighted by atomic mass is 10.1. The molecule has 1 fully saturated rings. The maximum Gasteiger partial charge on any atom is 0.161 e. The highest BCUT2D eigenvalue weighted by atomic mass is 35.5. The van der Waals surface area contributed by atoms with E-state index < -0.39 is 0 Å². The van der Waals surface area contributed by atoms with Crippen LogP contribution >= 0.6 is 12.4 Å². The quantitative estimate of drug-likeness (QED) is 0.708. The molecule has 1 saturated carbocycles. The van der Waals surface area contributed by atoms with E-state index in [0.717, 1.165) is 23.6 Å². The number of halogens is 1. The fourth-order valence-corrected chi connectivity index (χ4v) is 3.18. The molecule has 3 nitrogen and oxygen atoms in total. The minimum Gasteiger partial charge on any atom is -0.490 e. The lowest BCUT2D eigenvalue weighted by Crippen LogP contribution is -2.25. The summed E-state index contributed by atoms with van der Waals surface area (Å²) in [7, 11) is 0. The van der Waals surface area contributed by atoms with E-state index in [-0.39, 0.29) is 12.4 Å². The van der Waals surface area contributed by atoms with Gasteiger partial charge >= 0.3 is 0 Å². The minimum absolute atomic E-state index is 0. The summed E-state index contributed by atoms with van der Waals surface area (Å²) in [6.07, 6.45) is 5.31. The summed E-state index contributed by atoms with van der Waals surface area (Å²) in [4.78, 5) is 0. The summed E-state index contributed by atoms with van der Waals surface area (Å²) in [5, 5.41) is 3.65. The molecule has 0 aromatic heterocycles. The fourth-order valence-electron chi connectivity index (χ4n) is 3.18. The second-order valence-electron chi connectivity index (χ2n) is 6.35. The largest absolute Gasteiger partial charge is 0.490 e. The van der Waals surface area contributed by atoms with Crippen LogP contribution in [-0.4, -0.2) is 12.6 Å². The van der Waals surface area contributed by atoms with Crippen LogP contribution < -0.4 is 14.8 Å². The van der Waals surface area contributed by atoms with Crippen molar-refractivity contribution >= 4 is 12.4 Å². The molecule has 0 radical (unpaired) electrons. The number of nitrogens with one attached hydrogen (secondary N) is 1. The Kier molecular flexibility index (Phi) is 8.10. The monoisotopic (exact) mass is 361 g/mol. The number of ether oxygens (including phenoxy) is 2. The summed E-state index contributed by atoms with van der Waals surface area (Å²) >= 11 is 0.